The van der Waals surface area contributed by atoms with E-state index in [1.165, 1.54) is 12.1 Å². The Morgan fingerprint density at radius 2 is 2.20 bits per heavy atom. The van der Waals surface area contributed by atoms with Gasteiger partial charge < -0.3 is 5.32 Å². The monoisotopic (exact) mass is 211 g/mol. The highest BCUT2D eigenvalue weighted by atomic mass is 19.1. The Bertz CT molecular complexity index is 351. The van der Waals surface area contributed by atoms with Gasteiger partial charge in [-0.05, 0) is 36.1 Å². The molecule has 0 radical (unpaired) electrons. The van der Waals surface area contributed by atoms with Gasteiger partial charge in [-0.25, -0.2) is 8.78 Å². The van der Waals surface area contributed by atoms with Crippen molar-refractivity contribution in [3.05, 3.63) is 35.1 Å². The van der Waals surface area contributed by atoms with Crippen LogP contribution in [0.3, 0.4) is 0 Å². The van der Waals surface area contributed by atoms with Crippen LogP contribution in [0.5, 0.6) is 0 Å². The van der Waals surface area contributed by atoms with E-state index in [0.29, 0.717) is 13.0 Å². The lowest BCUT2D eigenvalue weighted by molar-refractivity contribution is 0.356. The zero-order chi connectivity index (χ0) is 10.8. The Balaban J connectivity index is 2.24. The third-order valence-corrected chi connectivity index (χ3v) is 2.87. The van der Waals surface area contributed by atoms with Crippen molar-refractivity contribution in [2.75, 3.05) is 6.54 Å². The zero-order valence-electron chi connectivity index (χ0n) is 8.76. The Labute approximate surface area is 88.5 Å². The molecule has 2 rings (SSSR count). The molecular weight excluding hydrogens is 196 g/mol. The third kappa shape index (κ3) is 2.34. The van der Waals surface area contributed by atoms with Crippen molar-refractivity contribution < 1.29 is 8.78 Å². The summed E-state index contributed by atoms with van der Waals surface area (Å²) >= 11 is 0. The number of nitrogens with one attached hydrogen (secondary N) is 1. The summed E-state index contributed by atoms with van der Waals surface area (Å²) in [6, 6.07) is 4.96. The number of hydrogen-bond acceptors (Lipinski definition) is 1. The summed E-state index contributed by atoms with van der Waals surface area (Å²) in [5, 5.41) is 3.06. The van der Waals surface area contributed by atoms with E-state index in [1.807, 2.05) is 13.0 Å². The average molecular weight is 211 g/mol. The van der Waals surface area contributed by atoms with Gasteiger partial charge in [0.05, 0.1) is 0 Å². The molecule has 15 heavy (non-hydrogen) atoms. The maximum atomic E-state index is 13.2. The summed E-state index contributed by atoms with van der Waals surface area (Å²) in [5.41, 5.74) is 1.83. The molecule has 0 aromatic heterocycles. The van der Waals surface area contributed by atoms with Crippen molar-refractivity contribution in [2.24, 2.45) is 0 Å². The zero-order valence-corrected chi connectivity index (χ0v) is 8.76. The molecule has 0 saturated carbocycles. The molecule has 1 N–H and O–H groups in total. The van der Waals surface area contributed by atoms with Gasteiger partial charge in [0, 0.05) is 12.6 Å². The molecular formula is C12H15F2N. The molecule has 2 atom stereocenters. The molecule has 0 unspecified atom stereocenters. The van der Waals surface area contributed by atoms with Gasteiger partial charge in [-0.2, -0.15) is 0 Å². The quantitative estimate of drug-likeness (QED) is 0.793. The van der Waals surface area contributed by atoms with Gasteiger partial charge in [0.25, 0.3) is 0 Å². The standard InChI is InChI=1S/C12H15F2N/c1-2-8-3-9(5-10(13)4-8)12-6-11(14)7-15-12/h3-5,11-12,15H,2,6-7H2,1H3/t11-,12+/m0/s1. The molecule has 1 aromatic rings. The van der Waals surface area contributed by atoms with Gasteiger partial charge in [-0.15, -0.1) is 0 Å². The van der Waals surface area contributed by atoms with Crippen LogP contribution >= 0.6 is 0 Å². The SMILES string of the molecule is CCc1cc(F)cc([C@H]2C[C@H](F)CN2)c1. The summed E-state index contributed by atoms with van der Waals surface area (Å²) in [4.78, 5) is 0. The minimum Gasteiger partial charge on any atom is -0.307 e. The van der Waals surface area contributed by atoms with Crippen molar-refractivity contribution in [1.82, 2.24) is 5.32 Å². The second kappa shape index (κ2) is 4.27. The first-order valence-electron chi connectivity index (χ1n) is 5.36. The van der Waals surface area contributed by atoms with E-state index >= 15 is 0 Å². The Morgan fingerprint density at radius 3 is 2.80 bits per heavy atom. The minimum atomic E-state index is -0.802. The van der Waals surface area contributed by atoms with Crippen molar-refractivity contribution in [3.8, 4) is 0 Å². The van der Waals surface area contributed by atoms with Crippen molar-refractivity contribution in [3.63, 3.8) is 0 Å². The highest BCUT2D eigenvalue weighted by Gasteiger charge is 2.25. The lowest BCUT2D eigenvalue weighted by Gasteiger charge is -2.11. The molecule has 0 spiro atoms. The summed E-state index contributed by atoms with van der Waals surface area (Å²) in [6.45, 7) is 2.36. The van der Waals surface area contributed by atoms with E-state index in [0.717, 1.165) is 17.5 Å². The van der Waals surface area contributed by atoms with E-state index < -0.39 is 6.17 Å². The molecule has 3 heteroatoms. The second-order valence-electron chi connectivity index (χ2n) is 4.04. The average Bonchev–Trinajstić information content (AvgIpc) is 2.64. The Hall–Kier alpha value is -0.960. The highest BCUT2D eigenvalue weighted by molar-refractivity contribution is 5.28. The molecule has 0 bridgehead atoms. The molecule has 1 aliphatic heterocycles. The number of halogens is 2. The molecule has 1 aromatic carbocycles. The van der Waals surface area contributed by atoms with Crippen LogP contribution in [-0.4, -0.2) is 12.7 Å². The number of aryl methyl sites for hydroxylation is 1. The second-order valence-corrected chi connectivity index (χ2v) is 4.04. The van der Waals surface area contributed by atoms with Gasteiger partial charge >= 0.3 is 0 Å². The van der Waals surface area contributed by atoms with E-state index in [2.05, 4.69) is 5.32 Å². The smallest absolute Gasteiger partial charge is 0.123 e. The fourth-order valence-corrected chi connectivity index (χ4v) is 2.03. The molecule has 1 aliphatic rings. The van der Waals surface area contributed by atoms with Gasteiger partial charge in [0.2, 0.25) is 0 Å². The topological polar surface area (TPSA) is 12.0 Å². The minimum absolute atomic E-state index is 0.0269. The molecule has 1 nitrogen and oxygen atoms in total. The first-order chi connectivity index (χ1) is 7.19. The Morgan fingerprint density at radius 1 is 1.40 bits per heavy atom. The van der Waals surface area contributed by atoms with Crippen molar-refractivity contribution in [2.45, 2.75) is 32.0 Å². The Kier molecular flexibility index (Phi) is 3.00. The summed E-state index contributed by atoms with van der Waals surface area (Å²) in [7, 11) is 0. The molecule has 82 valence electrons. The lowest BCUT2D eigenvalue weighted by Crippen LogP contribution is -2.14. The van der Waals surface area contributed by atoms with Crippen molar-refractivity contribution in [1.29, 1.82) is 0 Å². The summed E-state index contributed by atoms with van der Waals surface area (Å²) < 4.78 is 26.2. The van der Waals surface area contributed by atoms with Gasteiger partial charge in [0.1, 0.15) is 12.0 Å². The van der Waals surface area contributed by atoms with Crippen LogP contribution in [0, 0.1) is 5.82 Å². The van der Waals surface area contributed by atoms with Crippen molar-refractivity contribution >= 4 is 0 Å². The predicted molar refractivity (Wildman–Crippen MR) is 56.0 cm³/mol. The van der Waals surface area contributed by atoms with Crippen LogP contribution in [0.15, 0.2) is 18.2 Å². The van der Waals surface area contributed by atoms with Gasteiger partial charge in [0.15, 0.2) is 0 Å². The van der Waals surface area contributed by atoms with Crippen LogP contribution in [-0.2, 0) is 6.42 Å². The van der Waals surface area contributed by atoms with Crippen LogP contribution in [0.4, 0.5) is 8.78 Å². The molecule has 1 heterocycles. The maximum Gasteiger partial charge on any atom is 0.123 e. The maximum absolute atomic E-state index is 13.2. The molecule has 1 saturated heterocycles. The fraction of sp³-hybridized carbons (Fsp3) is 0.500. The third-order valence-electron chi connectivity index (χ3n) is 2.87. The molecule has 0 amide bonds. The van der Waals surface area contributed by atoms with E-state index in [9.17, 15) is 8.78 Å². The molecule has 1 fully saturated rings. The lowest BCUT2D eigenvalue weighted by atomic mass is 10.0. The van der Waals surface area contributed by atoms with Gasteiger partial charge in [-0.1, -0.05) is 13.0 Å². The number of alkyl halides is 1. The number of rotatable bonds is 2. The number of benzene rings is 1. The number of hydrogen-bond donors (Lipinski definition) is 1. The van der Waals surface area contributed by atoms with Crippen LogP contribution < -0.4 is 5.32 Å². The van der Waals surface area contributed by atoms with E-state index in [1.54, 1.807) is 0 Å². The largest absolute Gasteiger partial charge is 0.307 e. The van der Waals surface area contributed by atoms with Gasteiger partial charge in [-0.3, -0.25) is 0 Å². The predicted octanol–water partition coefficient (Wildman–Crippen LogP) is 2.76. The van der Waals surface area contributed by atoms with Crippen LogP contribution in [0.1, 0.15) is 30.5 Å². The first kappa shape index (κ1) is 10.6. The normalized spacial score (nSPS) is 25.8. The summed E-state index contributed by atoms with van der Waals surface area (Å²) in [6.07, 6.45) is 0.451. The van der Waals surface area contributed by atoms with E-state index in [-0.39, 0.29) is 11.9 Å². The first-order valence-corrected chi connectivity index (χ1v) is 5.36. The summed E-state index contributed by atoms with van der Waals surface area (Å²) in [5.74, 6) is -0.228. The molecule has 0 aliphatic carbocycles. The van der Waals surface area contributed by atoms with Crippen LogP contribution in [0.2, 0.25) is 0 Å². The van der Waals surface area contributed by atoms with Crippen LogP contribution in [0.25, 0.3) is 0 Å². The fourth-order valence-electron chi connectivity index (χ4n) is 2.03. The highest BCUT2D eigenvalue weighted by Crippen LogP contribution is 2.26. The van der Waals surface area contributed by atoms with E-state index in [4.69, 9.17) is 0 Å².